The van der Waals surface area contributed by atoms with E-state index in [0.29, 0.717) is 35.8 Å². The van der Waals surface area contributed by atoms with Gasteiger partial charge in [-0.15, -0.1) is 0 Å². The summed E-state index contributed by atoms with van der Waals surface area (Å²) in [4.78, 5) is 29.0. The predicted octanol–water partition coefficient (Wildman–Crippen LogP) is 2.42. The molecule has 24 heavy (non-hydrogen) atoms. The SMILES string of the molecule is CCn1c(SCC(=O)NCCCOC)nc2ccc(Br)cc2c1=O. The number of rotatable bonds is 8. The smallest absolute Gasteiger partial charge is 0.262 e. The van der Waals surface area contributed by atoms with Gasteiger partial charge >= 0.3 is 0 Å². The Morgan fingerprint density at radius 1 is 1.46 bits per heavy atom. The maximum atomic E-state index is 12.6. The minimum Gasteiger partial charge on any atom is -0.385 e. The molecule has 2 aromatic rings. The fourth-order valence-electron chi connectivity index (χ4n) is 2.19. The van der Waals surface area contributed by atoms with Crippen molar-refractivity contribution in [1.29, 1.82) is 0 Å². The van der Waals surface area contributed by atoms with Gasteiger partial charge in [-0.1, -0.05) is 27.7 Å². The molecular weight excluding hydrogens is 394 g/mol. The van der Waals surface area contributed by atoms with Crippen molar-refractivity contribution in [3.8, 4) is 0 Å². The van der Waals surface area contributed by atoms with Crippen molar-refractivity contribution in [2.75, 3.05) is 26.0 Å². The third kappa shape index (κ3) is 4.81. The Kier molecular flexibility index (Phi) is 7.26. The van der Waals surface area contributed by atoms with Gasteiger partial charge in [0.25, 0.3) is 5.56 Å². The molecule has 1 aromatic carbocycles. The van der Waals surface area contributed by atoms with E-state index in [0.717, 1.165) is 10.9 Å². The summed E-state index contributed by atoms with van der Waals surface area (Å²) in [6.45, 7) is 3.59. The largest absolute Gasteiger partial charge is 0.385 e. The molecule has 0 atom stereocenters. The van der Waals surface area contributed by atoms with E-state index in [2.05, 4.69) is 26.2 Å². The van der Waals surface area contributed by atoms with E-state index in [9.17, 15) is 9.59 Å². The van der Waals surface area contributed by atoms with Crippen LogP contribution in [0, 0.1) is 0 Å². The molecule has 0 radical (unpaired) electrons. The fourth-order valence-corrected chi connectivity index (χ4v) is 3.44. The molecule has 1 heterocycles. The van der Waals surface area contributed by atoms with Gasteiger partial charge in [0.05, 0.1) is 16.7 Å². The lowest BCUT2D eigenvalue weighted by molar-refractivity contribution is -0.118. The molecule has 0 fully saturated rings. The van der Waals surface area contributed by atoms with Crippen molar-refractivity contribution in [3.63, 3.8) is 0 Å². The van der Waals surface area contributed by atoms with Gasteiger partial charge in [0.15, 0.2) is 5.16 Å². The Labute approximate surface area is 153 Å². The third-order valence-electron chi connectivity index (χ3n) is 3.38. The number of nitrogens with zero attached hydrogens (tertiary/aromatic N) is 2. The highest BCUT2D eigenvalue weighted by Crippen LogP contribution is 2.20. The number of carbonyl (C=O) groups excluding carboxylic acids is 1. The molecule has 0 aliphatic heterocycles. The van der Waals surface area contributed by atoms with Gasteiger partial charge < -0.3 is 10.1 Å². The molecule has 0 unspecified atom stereocenters. The van der Waals surface area contributed by atoms with E-state index in [1.807, 2.05) is 13.0 Å². The van der Waals surface area contributed by atoms with E-state index >= 15 is 0 Å². The second-order valence-electron chi connectivity index (χ2n) is 5.09. The first-order valence-corrected chi connectivity index (χ1v) is 9.43. The minimum absolute atomic E-state index is 0.0797. The molecule has 2 rings (SSSR count). The third-order valence-corrected chi connectivity index (χ3v) is 4.85. The number of aromatic nitrogens is 2. The lowest BCUT2D eigenvalue weighted by Crippen LogP contribution is -2.28. The number of hydrogen-bond acceptors (Lipinski definition) is 5. The summed E-state index contributed by atoms with van der Waals surface area (Å²) < 4.78 is 7.37. The maximum Gasteiger partial charge on any atom is 0.262 e. The van der Waals surface area contributed by atoms with E-state index < -0.39 is 0 Å². The van der Waals surface area contributed by atoms with E-state index in [1.54, 1.807) is 23.8 Å². The van der Waals surface area contributed by atoms with Gasteiger partial charge in [-0.05, 0) is 31.5 Å². The second-order valence-corrected chi connectivity index (χ2v) is 6.95. The van der Waals surface area contributed by atoms with Crippen molar-refractivity contribution in [3.05, 3.63) is 33.0 Å². The molecule has 0 aliphatic carbocycles. The van der Waals surface area contributed by atoms with Crippen LogP contribution >= 0.6 is 27.7 Å². The zero-order valence-corrected chi connectivity index (χ0v) is 16.1. The highest BCUT2D eigenvalue weighted by atomic mass is 79.9. The van der Waals surface area contributed by atoms with Crippen molar-refractivity contribution in [2.45, 2.75) is 25.0 Å². The average Bonchev–Trinajstić information content (AvgIpc) is 2.57. The van der Waals surface area contributed by atoms with Crippen molar-refractivity contribution >= 4 is 44.5 Å². The molecular formula is C16H20BrN3O3S. The molecule has 1 aromatic heterocycles. The van der Waals surface area contributed by atoms with Gasteiger partial charge in [-0.2, -0.15) is 0 Å². The van der Waals surface area contributed by atoms with Crippen LogP contribution in [0.5, 0.6) is 0 Å². The molecule has 0 saturated carbocycles. The first-order chi connectivity index (χ1) is 11.6. The molecule has 6 nitrogen and oxygen atoms in total. The van der Waals surface area contributed by atoms with Crippen LogP contribution in [-0.4, -0.2) is 41.5 Å². The molecule has 0 aliphatic rings. The number of hydrogen-bond donors (Lipinski definition) is 1. The number of halogens is 1. The van der Waals surface area contributed by atoms with Gasteiger partial charge in [-0.3, -0.25) is 14.2 Å². The first kappa shape index (κ1) is 19.0. The highest BCUT2D eigenvalue weighted by Gasteiger charge is 2.12. The van der Waals surface area contributed by atoms with Gasteiger partial charge in [0.1, 0.15) is 0 Å². The van der Waals surface area contributed by atoms with Crippen LogP contribution in [0.3, 0.4) is 0 Å². The molecule has 1 amide bonds. The first-order valence-electron chi connectivity index (χ1n) is 7.65. The molecule has 0 bridgehead atoms. The monoisotopic (exact) mass is 413 g/mol. The molecule has 130 valence electrons. The topological polar surface area (TPSA) is 73.2 Å². The number of carbonyl (C=O) groups is 1. The minimum atomic E-state index is -0.0909. The summed E-state index contributed by atoms with van der Waals surface area (Å²) in [7, 11) is 1.63. The Morgan fingerprint density at radius 3 is 2.96 bits per heavy atom. The predicted molar refractivity (Wildman–Crippen MR) is 99.6 cm³/mol. The Morgan fingerprint density at radius 2 is 2.25 bits per heavy atom. The van der Waals surface area contributed by atoms with Crippen molar-refractivity contribution in [2.24, 2.45) is 0 Å². The van der Waals surface area contributed by atoms with E-state index in [4.69, 9.17) is 4.74 Å². The lowest BCUT2D eigenvalue weighted by atomic mass is 10.2. The van der Waals surface area contributed by atoms with Crippen molar-refractivity contribution in [1.82, 2.24) is 14.9 Å². The van der Waals surface area contributed by atoms with Crippen molar-refractivity contribution < 1.29 is 9.53 Å². The average molecular weight is 414 g/mol. The van der Waals surface area contributed by atoms with Crippen LogP contribution in [0.15, 0.2) is 32.6 Å². The summed E-state index contributed by atoms with van der Waals surface area (Å²) in [5.41, 5.74) is 0.544. The normalized spacial score (nSPS) is 11.0. The molecule has 0 saturated heterocycles. The summed E-state index contributed by atoms with van der Waals surface area (Å²) in [5.74, 6) is 0.144. The zero-order chi connectivity index (χ0) is 17.5. The fraction of sp³-hybridized carbons (Fsp3) is 0.438. The molecule has 0 spiro atoms. The van der Waals surface area contributed by atoms with Gasteiger partial charge in [0, 0.05) is 31.3 Å². The number of fused-ring (bicyclic) bond motifs is 1. The number of nitrogens with one attached hydrogen (secondary N) is 1. The van der Waals surface area contributed by atoms with Crippen LogP contribution in [0.2, 0.25) is 0 Å². The van der Waals surface area contributed by atoms with Crippen LogP contribution < -0.4 is 10.9 Å². The van der Waals surface area contributed by atoms with Gasteiger partial charge in [-0.25, -0.2) is 4.98 Å². The lowest BCUT2D eigenvalue weighted by Gasteiger charge is -2.11. The molecule has 1 N–H and O–H groups in total. The maximum absolute atomic E-state index is 12.6. The standard InChI is InChI=1S/C16H20BrN3O3S/c1-3-20-15(22)12-9-11(17)5-6-13(12)19-16(20)24-10-14(21)18-7-4-8-23-2/h5-6,9H,3-4,7-8,10H2,1-2H3,(H,18,21). The van der Waals surface area contributed by atoms with Gasteiger partial charge in [0.2, 0.25) is 5.91 Å². The highest BCUT2D eigenvalue weighted by molar-refractivity contribution is 9.10. The molecule has 8 heteroatoms. The van der Waals surface area contributed by atoms with E-state index in [1.165, 1.54) is 11.8 Å². The summed E-state index contributed by atoms with van der Waals surface area (Å²) in [5, 5.41) is 3.95. The van der Waals surface area contributed by atoms with Crippen LogP contribution in [0.1, 0.15) is 13.3 Å². The van der Waals surface area contributed by atoms with Crippen LogP contribution in [0.4, 0.5) is 0 Å². The van der Waals surface area contributed by atoms with Crippen LogP contribution in [0.25, 0.3) is 10.9 Å². The summed E-state index contributed by atoms with van der Waals surface area (Å²) in [6, 6.07) is 5.42. The summed E-state index contributed by atoms with van der Waals surface area (Å²) >= 11 is 4.65. The zero-order valence-electron chi connectivity index (χ0n) is 13.7. The number of benzene rings is 1. The van der Waals surface area contributed by atoms with Crippen LogP contribution in [-0.2, 0) is 16.1 Å². The Bertz CT molecular complexity index is 779. The number of ether oxygens (including phenoxy) is 1. The Hall–Kier alpha value is -1.38. The Balaban J connectivity index is 2.12. The quantitative estimate of drug-likeness (QED) is 0.408. The number of thioether (sulfide) groups is 1. The summed E-state index contributed by atoms with van der Waals surface area (Å²) in [6.07, 6.45) is 0.773. The second kappa shape index (κ2) is 9.19. The van der Waals surface area contributed by atoms with E-state index in [-0.39, 0.29) is 17.2 Å². The number of amides is 1. The number of methoxy groups -OCH3 is 1.